The van der Waals surface area contributed by atoms with Gasteiger partial charge in [-0.1, -0.05) is 128 Å². The van der Waals surface area contributed by atoms with E-state index in [2.05, 4.69) is 69.4 Å². The first-order valence-corrected chi connectivity index (χ1v) is 18.1. The Morgan fingerprint density at radius 3 is 1.24 bits per heavy atom. The number of hydrogen-bond acceptors (Lipinski definition) is 2. The predicted molar refractivity (Wildman–Crippen MR) is 187 cm³/mol. The molecule has 2 aliphatic rings. The lowest BCUT2D eigenvalue weighted by atomic mass is 9.99. The minimum absolute atomic E-state index is 0. The molecule has 244 valence electrons. The zero-order valence-corrected chi connectivity index (χ0v) is 27.6. The molecule has 2 nitrogen and oxygen atoms in total. The van der Waals surface area contributed by atoms with E-state index in [0.717, 1.165) is 31.6 Å². The Balaban J connectivity index is 0.00000882. The first-order chi connectivity index (χ1) is 20.2. The van der Waals surface area contributed by atoms with Gasteiger partial charge in [0.15, 0.2) is 5.79 Å². The van der Waals surface area contributed by atoms with Gasteiger partial charge in [-0.05, 0) is 95.8 Å². The van der Waals surface area contributed by atoms with Gasteiger partial charge in [-0.25, -0.2) is 0 Å². The van der Waals surface area contributed by atoms with Crippen molar-refractivity contribution in [2.24, 2.45) is 5.92 Å². The average Bonchev–Trinajstić information content (AvgIpc) is 3.47. The lowest BCUT2D eigenvalue weighted by molar-refractivity contribution is -0.192. The fourth-order valence-electron chi connectivity index (χ4n) is 6.44. The summed E-state index contributed by atoms with van der Waals surface area (Å²) in [5.41, 5.74) is 0. The molecular formula is C40H72O2. The van der Waals surface area contributed by atoms with Crippen LogP contribution in [0.2, 0.25) is 0 Å². The van der Waals surface area contributed by atoms with Gasteiger partial charge in [0.25, 0.3) is 0 Å². The van der Waals surface area contributed by atoms with Gasteiger partial charge in [-0.15, -0.1) is 0 Å². The van der Waals surface area contributed by atoms with Gasteiger partial charge in [0.2, 0.25) is 0 Å². The van der Waals surface area contributed by atoms with Crippen LogP contribution in [-0.2, 0) is 9.47 Å². The molecule has 0 spiro atoms. The SMILES string of the molecule is C.CCCCC/C=C\C/C=C\CCCCCCC1(CCCCCC/C=C\C/C=C\CCCCC)O[C@H]2CC(C)C[C@H]2O1. The third-order valence-corrected chi connectivity index (χ3v) is 8.93. The molecule has 2 fully saturated rings. The van der Waals surface area contributed by atoms with E-state index < -0.39 is 0 Å². The molecule has 1 heterocycles. The predicted octanol–water partition coefficient (Wildman–Crippen LogP) is 13.4. The fourth-order valence-corrected chi connectivity index (χ4v) is 6.44. The highest BCUT2D eigenvalue weighted by Crippen LogP contribution is 2.45. The van der Waals surface area contributed by atoms with Gasteiger partial charge in [-0.3, -0.25) is 0 Å². The second-order valence-electron chi connectivity index (χ2n) is 13.1. The summed E-state index contributed by atoms with van der Waals surface area (Å²) in [6, 6.07) is 0. The van der Waals surface area contributed by atoms with Crippen molar-refractivity contribution in [2.75, 3.05) is 0 Å². The Bertz CT molecular complexity index is 657. The second-order valence-corrected chi connectivity index (χ2v) is 13.1. The molecule has 2 heteroatoms. The summed E-state index contributed by atoms with van der Waals surface area (Å²) in [5, 5.41) is 0. The van der Waals surface area contributed by atoms with Crippen LogP contribution in [0.4, 0.5) is 0 Å². The molecule has 1 saturated carbocycles. The topological polar surface area (TPSA) is 18.5 Å². The molecule has 1 aliphatic carbocycles. The number of fused-ring (bicyclic) bond motifs is 1. The van der Waals surface area contributed by atoms with E-state index in [9.17, 15) is 0 Å². The first-order valence-electron chi connectivity index (χ1n) is 18.1. The van der Waals surface area contributed by atoms with Crippen LogP contribution in [0, 0.1) is 5.92 Å². The summed E-state index contributed by atoms with van der Waals surface area (Å²) >= 11 is 0. The van der Waals surface area contributed by atoms with E-state index in [1.807, 2.05) is 0 Å². The molecule has 0 amide bonds. The van der Waals surface area contributed by atoms with Crippen LogP contribution in [-0.4, -0.2) is 18.0 Å². The third-order valence-electron chi connectivity index (χ3n) is 8.93. The Kier molecular flexibility index (Phi) is 24.4. The minimum Gasteiger partial charge on any atom is -0.344 e. The lowest BCUT2D eigenvalue weighted by Crippen LogP contribution is -2.32. The highest BCUT2D eigenvalue weighted by Gasteiger charge is 2.50. The zero-order valence-electron chi connectivity index (χ0n) is 27.6. The molecule has 1 aliphatic heterocycles. The maximum absolute atomic E-state index is 6.71. The molecule has 42 heavy (non-hydrogen) atoms. The van der Waals surface area contributed by atoms with E-state index in [0.29, 0.717) is 12.2 Å². The Morgan fingerprint density at radius 1 is 0.500 bits per heavy atom. The Morgan fingerprint density at radius 2 is 0.857 bits per heavy atom. The van der Waals surface area contributed by atoms with Gasteiger partial charge in [0, 0.05) is 12.8 Å². The van der Waals surface area contributed by atoms with Gasteiger partial charge in [-0.2, -0.15) is 0 Å². The molecule has 3 atom stereocenters. The van der Waals surface area contributed by atoms with Crippen LogP contribution in [0.15, 0.2) is 48.6 Å². The zero-order chi connectivity index (χ0) is 29.3. The first kappa shape index (κ1) is 38.9. The Hall–Kier alpha value is -1.12. The molecule has 0 aromatic rings. The summed E-state index contributed by atoms with van der Waals surface area (Å²) in [6.07, 6.45) is 49.5. The number of allylic oxidation sites excluding steroid dienone is 8. The van der Waals surface area contributed by atoms with Crippen molar-refractivity contribution < 1.29 is 9.47 Å². The van der Waals surface area contributed by atoms with E-state index >= 15 is 0 Å². The number of unbranched alkanes of at least 4 members (excludes halogenated alkanes) is 14. The highest BCUT2D eigenvalue weighted by molar-refractivity contribution is 4.94. The summed E-state index contributed by atoms with van der Waals surface area (Å²) in [4.78, 5) is 0. The molecule has 0 aromatic carbocycles. The smallest absolute Gasteiger partial charge is 0.169 e. The highest BCUT2D eigenvalue weighted by atomic mass is 16.8. The number of ether oxygens (including phenoxy) is 2. The van der Waals surface area contributed by atoms with Crippen LogP contribution in [0.25, 0.3) is 0 Å². The molecule has 0 N–H and O–H groups in total. The quantitative estimate of drug-likeness (QED) is 0.0743. The van der Waals surface area contributed by atoms with Gasteiger partial charge < -0.3 is 9.47 Å². The molecule has 0 bridgehead atoms. The number of hydrogen-bond donors (Lipinski definition) is 0. The number of rotatable bonds is 26. The van der Waals surface area contributed by atoms with Crippen molar-refractivity contribution >= 4 is 0 Å². The summed E-state index contributed by atoms with van der Waals surface area (Å²) in [7, 11) is 0. The van der Waals surface area contributed by atoms with E-state index in [-0.39, 0.29) is 13.2 Å². The van der Waals surface area contributed by atoms with Crippen molar-refractivity contribution in [2.45, 2.75) is 200 Å². The summed E-state index contributed by atoms with van der Waals surface area (Å²) in [5.74, 6) is 0.458. The van der Waals surface area contributed by atoms with Crippen LogP contribution in [0.1, 0.15) is 182 Å². The van der Waals surface area contributed by atoms with E-state index in [1.54, 1.807) is 0 Å². The fraction of sp³-hybridized carbons (Fsp3) is 0.800. The van der Waals surface area contributed by atoms with E-state index in [4.69, 9.17) is 9.47 Å². The molecule has 1 saturated heterocycles. The standard InChI is InChI=1S/C39H68O2.CH4/c1-4-6-8-10-12-14-16-18-20-22-24-26-28-30-32-39(40-37-34-36(3)35-38(37)41-39)33-31-29-27-25-23-21-19-17-15-13-11-9-7-5-2;/h12-15,18-21,36-38H,4-11,16-17,22-35H2,1-3H3;1H4/b14-12-,15-13-,20-18-,21-19-;/t36?,37-,38+;. The van der Waals surface area contributed by atoms with Gasteiger partial charge in [0.1, 0.15) is 0 Å². The molecule has 0 aromatic heterocycles. The molecular weight excluding hydrogens is 512 g/mol. The monoisotopic (exact) mass is 585 g/mol. The lowest BCUT2D eigenvalue weighted by Gasteiger charge is -2.30. The maximum atomic E-state index is 6.71. The average molecular weight is 585 g/mol. The summed E-state index contributed by atoms with van der Waals surface area (Å²) in [6.45, 7) is 6.89. The summed E-state index contributed by atoms with van der Waals surface area (Å²) < 4.78 is 13.4. The normalized spacial score (nSPS) is 21.8. The molecule has 2 rings (SSSR count). The Labute approximate surface area is 263 Å². The second kappa shape index (κ2) is 26.3. The van der Waals surface area contributed by atoms with Gasteiger partial charge in [0.05, 0.1) is 12.2 Å². The van der Waals surface area contributed by atoms with Crippen LogP contribution in [0.3, 0.4) is 0 Å². The molecule has 0 radical (unpaired) electrons. The van der Waals surface area contributed by atoms with Crippen molar-refractivity contribution in [3.8, 4) is 0 Å². The van der Waals surface area contributed by atoms with Crippen LogP contribution in [0.5, 0.6) is 0 Å². The van der Waals surface area contributed by atoms with Crippen LogP contribution >= 0.6 is 0 Å². The van der Waals surface area contributed by atoms with Crippen molar-refractivity contribution in [3.63, 3.8) is 0 Å². The van der Waals surface area contributed by atoms with Gasteiger partial charge >= 0.3 is 0 Å². The largest absolute Gasteiger partial charge is 0.344 e. The van der Waals surface area contributed by atoms with Crippen molar-refractivity contribution in [3.05, 3.63) is 48.6 Å². The van der Waals surface area contributed by atoms with Crippen molar-refractivity contribution in [1.29, 1.82) is 0 Å². The third kappa shape index (κ3) is 18.5. The minimum atomic E-state index is -0.289. The molecule has 1 unspecified atom stereocenters. The van der Waals surface area contributed by atoms with Crippen LogP contribution < -0.4 is 0 Å². The van der Waals surface area contributed by atoms with Crippen molar-refractivity contribution in [1.82, 2.24) is 0 Å². The maximum Gasteiger partial charge on any atom is 0.169 e. The van der Waals surface area contributed by atoms with E-state index in [1.165, 1.54) is 128 Å².